The van der Waals surface area contributed by atoms with Gasteiger partial charge in [0.15, 0.2) is 0 Å². The fourth-order valence-corrected chi connectivity index (χ4v) is 0.933. The second-order valence-electron chi connectivity index (χ2n) is 2.40. The van der Waals surface area contributed by atoms with Gasteiger partial charge in [-0.1, -0.05) is 6.07 Å². The lowest BCUT2D eigenvalue weighted by Gasteiger charge is -2.09. The van der Waals surface area contributed by atoms with Crippen LogP contribution < -0.4 is 5.73 Å². The summed E-state index contributed by atoms with van der Waals surface area (Å²) < 4.78 is 0. The molecule has 0 radical (unpaired) electrons. The Morgan fingerprint density at radius 2 is 2.45 bits per heavy atom. The number of hydrogen-bond donors (Lipinski definition) is 2. The highest BCUT2D eigenvalue weighted by atomic mass is 16.3. The predicted octanol–water partition coefficient (Wildman–Crippen LogP) is 0.116. The Hall–Kier alpha value is -0.930. The lowest BCUT2D eigenvalue weighted by atomic mass is 10.0. The molecule has 0 spiro atoms. The molecule has 3 nitrogen and oxygen atoms in total. The molecule has 1 atom stereocenters. The number of pyridine rings is 1. The van der Waals surface area contributed by atoms with Crippen LogP contribution in [0.1, 0.15) is 11.5 Å². The van der Waals surface area contributed by atoms with Gasteiger partial charge in [0.25, 0.3) is 0 Å². The van der Waals surface area contributed by atoms with Crippen molar-refractivity contribution in [1.29, 1.82) is 0 Å². The van der Waals surface area contributed by atoms with Crippen LogP contribution in [-0.4, -0.2) is 23.2 Å². The third-order valence-electron chi connectivity index (χ3n) is 1.66. The first-order chi connectivity index (χ1) is 5.38. The highest BCUT2D eigenvalue weighted by molar-refractivity contribution is 5.14. The van der Waals surface area contributed by atoms with Crippen LogP contribution >= 0.6 is 0 Å². The number of hydrogen-bond acceptors (Lipinski definition) is 3. The van der Waals surface area contributed by atoms with Crippen LogP contribution in [0.5, 0.6) is 0 Å². The molecule has 1 aromatic heterocycles. The van der Waals surface area contributed by atoms with Crippen LogP contribution in [-0.2, 0) is 0 Å². The fourth-order valence-electron chi connectivity index (χ4n) is 0.933. The van der Waals surface area contributed by atoms with Crippen LogP contribution in [0.4, 0.5) is 0 Å². The Morgan fingerprint density at radius 3 is 2.91 bits per heavy atom. The summed E-state index contributed by atoms with van der Waals surface area (Å²) in [5, 5.41) is 8.87. The van der Waals surface area contributed by atoms with Crippen LogP contribution in [0.3, 0.4) is 0 Å². The van der Waals surface area contributed by atoms with Gasteiger partial charge < -0.3 is 10.8 Å². The molecular weight excluding hydrogens is 140 g/mol. The zero-order valence-electron chi connectivity index (χ0n) is 6.27. The van der Waals surface area contributed by atoms with E-state index in [1.807, 2.05) is 12.1 Å². The van der Waals surface area contributed by atoms with Gasteiger partial charge in [-0.3, -0.25) is 4.98 Å². The van der Waals surface area contributed by atoms with Crippen LogP contribution in [0.25, 0.3) is 0 Å². The van der Waals surface area contributed by atoms with E-state index in [0.29, 0.717) is 6.54 Å². The van der Waals surface area contributed by atoms with Gasteiger partial charge >= 0.3 is 0 Å². The topological polar surface area (TPSA) is 59.1 Å². The maximum absolute atomic E-state index is 8.87. The van der Waals surface area contributed by atoms with E-state index in [1.54, 1.807) is 12.4 Å². The normalized spacial score (nSPS) is 12.9. The maximum Gasteiger partial charge on any atom is 0.0512 e. The third-order valence-corrected chi connectivity index (χ3v) is 1.66. The van der Waals surface area contributed by atoms with Crippen molar-refractivity contribution in [2.45, 2.75) is 5.92 Å². The largest absolute Gasteiger partial charge is 0.396 e. The first-order valence-corrected chi connectivity index (χ1v) is 3.59. The Balaban J connectivity index is 2.74. The molecule has 0 aliphatic carbocycles. The lowest BCUT2D eigenvalue weighted by molar-refractivity contribution is 0.267. The summed E-state index contributed by atoms with van der Waals surface area (Å²) in [5.41, 5.74) is 6.43. The van der Waals surface area contributed by atoms with Gasteiger partial charge in [-0.15, -0.1) is 0 Å². The molecule has 0 aliphatic heterocycles. The Labute approximate surface area is 65.9 Å². The average molecular weight is 152 g/mol. The molecule has 0 aliphatic rings. The van der Waals surface area contributed by atoms with E-state index < -0.39 is 0 Å². The SMILES string of the molecule is NC[C@@H](CO)c1cccnc1. The van der Waals surface area contributed by atoms with E-state index in [0.717, 1.165) is 5.56 Å². The van der Waals surface area contributed by atoms with Gasteiger partial charge in [0.05, 0.1) is 6.61 Å². The number of aliphatic hydroxyl groups excluding tert-OH is 1. The Bertz CT molecular complexity index is 197. The summed E-state index contributed by atoms with van der Waals surface area (Å²) in [6.07, 6.45) is 3.43. The highest BCUT2D eigenvalue weighted by Crippen LogP contribution is 2.10. The predicted molar refractivity (Wildman–Crippen MR) is 43.1 cm³/mol. The van der Waals surface area contributed by atoms with E-state index in [2.05, 4.69) is 4.98 Å². The maximum atomic E-state index is 8.87. The Morgan fingerprint density at radius 1 is 1.64 bits per heavy atom. The van der Waals surface area contributed by atoms with E-state index in [-0.39, 0.29) is 12.5 Å². The molecular formula is C8H12N2O. The standard InChI is InChI=1S/C8H12N2O/c9-4-8(6-11)7-2-1-3-10-5-7/h1-3,5,8,11H,4,6,9H2/t8-/m0/s1. The molecule has 0 bridgehead atoms. The van der Waals surface area contributed by atoms with Gasteiger partial charge in [0.1, 0.15) is 0 Å². The monoisotopic (exact) mass is 152 g/mol. The number of rotatable bonds is 3. The molecule has 3 heteroatoms. The van der Waals surface area contributed by atoms with Crippen molar-refractivity contribution in [2.75, 3.05) is 13.2 Å². The lowest BCUT2D eigenvalue weighted by Crippen LogP contribution is -2.15. The molecule has 0 unspecified atom stereocenters. The van der Waals surface area contributed by atoms with Crippen molar-refractivity contribution in [3.63, 3.8) is 0 Å². The minimum Gasteiger partial charge on any atom is -0.396 e. The summed E-state index contributed by atoms with van der Waals surface area (Å²) in [7, 11) is 0. The summed E-state index contributed by atoms with van der Waals surface area (Å²) in [6, 6.07) is 3.76. The zero-order valence-corrected chi connectivity index (χ0v) is 6.27. The molecule has 11 heavy (non-hydrogen) atoms. The van der Waals surface area contributed by atoms with E-state index >= 15 is 0 Å². The highest BCUT2D eigenvalue weighted by Gasteiger charge is 2.06. The minimum atomic E-state index is 0.0312. The van der Waals surface area contributed by atoms with Crippen molar-refractivity contribution in [3.05, 3.63) is 30.1 Å². The first-order valence-electron chi connectivity index (χ1n) is 3.59. The first kappa shape index (κ1) is 8.17. The van der Waals surface area contributed by atoms with Crippen LogP contribution in [0.15, 0.2) is 24.5 Å². The second-order valence-corrected chi connectivity index (χ2v) is 2.40. The second kappa shape index (κ2) is 4.05. The molecule has 0 saturated heterocycles. The molecule has 3 N–H and O–H groups in total. The molecule has 60 valence electrons. The Kier molecular flexibility index (Phi) is 3.01. The van der Waals surface area contributed by atoms with Crippen molar-refractivity contribution >= 4 is 0 Å². The van der Waals surface area contributed by atoms with Crippen LogP contribution in [0.2, 0.25) is 0 Å². The summed E-state index contributed by atoms with van der Waals surface area (Å²) >= 11 is 0. The number of aromatic nitrogens is 1. The van der Waals surface area contributed by atoms with Crippen molar-refractivity contribution in [1.82, 2.24) is 4.98 Å². The van der Waals surface area contributed by atoms with Crippen molar-refractivity contribution in [3.8, 4) is 0 Å². The minimum absolute atomic E-state index is 0.0312. The smallest absolute Gasteiger partial charge is 0.0512 e. The van der Waals surface area contributed by atoms with Gasteiger partial charge in [-0.2, -0.15) is 0 Å². The molecule has 1 aromatic rings. The quantitative estimate of drug-likeness (QED) is 0.646. The summed E-state index contributed by atoms with van der Waals surface area (Å²) in [5.74, 6) is 0.0312. The van der Waals surface area contributed by atoms with E-state index in [9.17, 15) is 0 Å². The number of nitrogens with zero attached hydrogens (tertiary/aromatic N) is 1. The van der Waals surface area contributed by atoms with Crippen molar-refractivity contribution < 1.29 is 5.11 Å². The molecule has 1 heterocycles. The average Bonchev–Trinajstić information content (AvgIpc) is 2.09. The molecule has 0 aromatic carbocycles. The van der Waals surface area contributed by atoms with Gasteiger partial charge in [-0.25, -0.2) is 0 Å². The fraction of sp³-hybridized carbons (Fsp3) is 0.375. The third kappa shape index (κ3) is 2.00. The van der Waals surface area contributed by atoms with Gasteiger partial charge in [0, 0.05) is 24.9 Å². The molecule has 1 rings (SSSR count). The number of nitrogens with two attached hydrogens (primary N) is 1. The molecule has 0 amide bonds. The van der Waals surface area contributed by atoms with Crippen molar-refractivity contribution in [2.24, 2.45) is 5.73 Å². The zero-order chi connectivity index (χ0) is 8.10. The summed E-state index contributed by atoms with van der Waals surface area (Å²) in [6.45, 7) is 0.546. The molecule has 0 fully saturated rings. The van der Waals surface area contributed by atoms with Gasteiger partial charge in [0.2, 0.25) is 0 Å². The van der Waals surface area contributed by atoms with Crippen LogP contribution in [0, 0.1) is 0 Å². The number of aliphatic hydroxyl groups is 1. The van der Waals surface area contributed by atoms with E-state index in [4.69, 9.17) is 10.8 Å². The summed E-state index contributed by atoms with van der Waals surface area (Å²) in [4.78, 5) is 3.93. The van der Waals surface area contributed by atoms with E-state index in [1.165, 1.54) is 0 Å². The molecule has 0 saturated carbocycles. The van der Waals surface area contributed by atoms with Gasteiger partial charge in [-0.05, 0) is 11.6 Å².